The Hall–Kier alpha value is -0.0800. The lowest BCUT2D eigenvalue weighted by Crippen LogP contribution is -2.69. The summed E-state index contributed by atoms with van der Waals surface area (Å²) in [6.07, 6.45) is 5.91. The van der Waals surface area contributed by atoms with E-state index in [0.717, 1.165) is 12.0 Å². The zero-order chi connectivity index (χ0) is 10.5. The van der Waals surface area contributed by atoms with E-state index in [1.165, 1.54) is 51.9 Å². The third kappa shape index (κ3) is 1.72. The first-order valence-electron chi connectivity index (χ1n) is 6.69. The summed E-state index contributed by atoms with van der Waals surface area (Å²) in [6.45, 7) is 10.1. The molecule has 0 aromatic rings. The lowest BCUT2D eigenvalue weighted by Gasteiger charge is -2.55. The van der Waals surface area contributed by atoms with Crippen LogP contribution in [-0.4, -0.2) is 47.6 Å². The molecular formula is C13H24N2. The van der Waals surface area contributed by atoms with Gasteiger partial charge in [0.25, 0.3) is 0 Å². The number of likely N-dealkylation sites (tertiary alicyclic amines) is 2. The molecule has 1 spiro atoms. The zero-order valence-electron chi connectivity index (χ0n) is 10.2. The van der Waals surface area contributed by atoms with E-state index in [0.29, 0.717) is 5.54 Å². The van der Waals surface area contributed by atoms with Gasteiger partial charge in [-0.2, -0.15) is 0 Å². The van der Waals surface area contributed by atoms with Crippen LogP contribution in [0.25, 0.3) is 0 Å². The van der Waals surface area contributed by atoms with Crippen molar-refractivity contribution >= 4 is 0 Å². The quantitative estimate of drug-likeness (QED) is 0.699. The third-order valence-corrected chi connectivity index (χ3v) is 4.64. The lowest BCUT2D eigenvalue weighted by molar-refractivity contribution is -0.0476. The molecular weight excluding hydrogens is 184 g/mol. The fourth-order valence-electron chi connectivity index (χ4n) is 3.32. The summed E-state index contributed by atoms with van der Waals surface area (Å²) in [5.74, 6) is 1.06. The Kier molecular flexibility index (Phi) is 2.33. The van der Waals surface area contributed by atoms with Gasteiger partial charge in [-0.1, -0.05) is 0 Å². The molecule has 0 unspecified atom stereocenters. The largest absolute Gasteiger partial charge is 0.297 e. The molecule has 0 radical (unpaired) electrons. The number of hydrogen-bond donors (Lipinski definition) is 0. The monoisotopic (exact) mass is 208 g/mol. The molecule has 3 fully saturated rings. The van der Waals surface area contributed by atoms with Gasteiger partial charge >= 0.3 is 0 Å². The molecule has 3 aliphatic rings. The van der Waals surface area contributed by atoms with Crippen LogP contribution < -0.4 is 0 Å². The van der Waals surface area contributed by atoms with Crippen LogP contribution in [0.3, 0.4) is 0 Å². The van der Waals surface area contributed by atoms with Gasteiger partial charge in [0, 0.05) is 31.2 Å². The molecule has 2 heterocycles. The topological polar surface area (TPSA) is 6.48 Å². The van der Waals surface area contributed by atoms with E-state index in [9.17, 15) is 0 Å². The van der Waals surface area contributed by atoms with Crippen LogP contribution in [0.15, 0.2) is 0 Å². The fourth-order valence-corrected chi connectivity index (χ4v) is 3.32. The van der Waals surface area contributed by atoms with Crippen molar-refractivity contribution in [2.24, 2.45) is 5.92 Å². The number of hydrogen-bond acceptors (Lipinski definition) is 2. The molecule has 2 heteroatoms. The van der Waals surface area contributed by atoms with E-state index in [2.05, 4.69) is 23.6 Å². The first kappa shape index (κ1) is 10.1. The van der Waals surface area contributed by atoms with E-state index >= 15 is 0 Å². The van der Waals surface area contributed by atoms with Crippen molar-refractivity contribution in [2.45, 2.75) is 51.1 Å². The first-order chi connectivity index (χ1) is 7.20. The smallest absolute Gasteiger partial charge is 0.0463 e. The molecule has 0 aromatic carbocycles. The molecule has 2 saturated heterocycles. The Labute approximate surface area is 93.6 Å². The second-order valence-electron chi connectivity index (χ2n) is 6.22. The van der Waals surface area contributed by atoms with Crippen LogP contribution >= 0.6 is 0 Å². The van der Waals surface area contributed by atoms with Crippen molar-refractivity contribution in [3.63, 3.8) is 0 Å². The average Bonchev–Trinajstić information content (AvgIpc) is 2.80. The Bertz CT molecular complexity index is 239. The minimum atomic E-state index is 0.618. The number of nitrogens with zero attached hydrogens (tertiary/aromatic N) is 2. The summed E-state index contributed by atoms with van der Waals surface area (Å²) in [6, 6.07) is 0.749. The summed E-state index contributed by atoms with van der Waals surface area (Å²) in [4.78, 5) is 5.45. The van der Waals surface area contributed by atoms with Gasteiger partial charge in [-0.3, -0.25) is 9.80 Å². The highest BCUT2D eigenvalue weighted by atomic mass is 15.4. The fraction of sp³-hybridized carbons (Fsp3) is 1.00. The van der Waals surface area contributed by atoms with E-state index < -0.39 is 0 Å². The van der Waals surface area contributed by atoms with Crippen LogP contribution in [0.1, 0.15) is 39.5 Å². The minimum Gasteiger partial charge on any atom is -0.297 e. The van der Waals surface area contributed by atoms with Gasteiger partial charge in [-0.05, 0) is 52.0 Å². The molecule has 86 valence electrons. The summed E-state index contributed by atoms with van der Waals surface area (Å²) in [5.41, 5.74) is 0.618. The summed E-state index contributed by atoms with van der Waals surface area (Å²) in [5, 5.41) is 0. The van der Waals surface area contributed by atoms with Crippen LogP contribution in [0, 0.1) is 5.92 Å². The van der Waals surface area contributed by atoms with Crippen molar-refractivity contribution in [3.05, 3.63) is 0 Å². The van der Waals surface area contributed by atoms with Crippen molar-refractivity contribution < 1.29 is 0 Å². The molecule has 0 aromatic heterocycles. The third-order valence-electron chi connectivity index (χ3n) is 4.64. The molecule has 3 rings (SSSR count). The number of rotatable bonds is 3. The zero-order valence-corrected chi connectivity index (χ0v) is 10.2. The normalized spacial score (nSPS) is 31.4. The van der Waals surface area contributed by atoms with Crippen molar-refractivity contribution in [2.75, 3.05) is 26.2 Å². The highest BCUT2D eigenvalue weighted by Crippen LogP contribution is 2.41. The van der Waals surface area contributed by atoms with Gasteiger partial charge in [-0.25, -0.2) is 0 Å². The van der Waals surface area contributed by atoms with Gasteiger partial charge in [0.15, 0.2) is 0 Å². The average molecular weight is 208 g/mol. The van der Waals surface area contributed by atoms with E-state index in [1.807, 2.05) is 0 Å². The molecule has 0 amide bonds. The summed E-state index contributed by atoms with van der Waals surface area (Å²) >= 11 is 0. The highest BCUT2D eigenvalue weighted by molar-refractivity contribution is 5.08. The molecule has 15 heavy (non-hydrogen) atoms. The Morgan fingerprint density at radius 1 is 1.27 bits per heavy atom. The van der Waals surface area contributed by atoms with Crippen molar-refractivity contribution in [1.29, 1.82) is 0 Å². The summed E-state index contributed by atoms with van der Waals surface area (Å²) in [7, 11) is 0. The van der Waals surface area contributed by atoms with Crippen LogP contribution in [-0.2, 0) is 0 Å². The molecule has 0 atom stereocenters. The molecule has 0 bridgehead atoms. The van der Waals surface area contributed by atoms with Gasteiger partial charge in [0.2, 0.25) is 0 Å². The predicted octanol–water partition coefficient (Wildman–Crippen LogP) is 1.96. The lowest BCUT2D eigenvalue weighted by atomic mass is 9.85. The molecule has 0 N–H and O–H groups in total. The standard InChI is InChI=1S/C13H24N2/c1-11(2)14-9-13(10-14)6-3-7-15(13)8-12-4-5-12/h11-12H,3-10H2,1-2H3. The van der Waals surface area contributed by atoms with Gasteiger partial charge in [0.1, 0.15) is 0 Å². The Balaban J connectivity index is 1.60. The predicted molar refractivity (Wildman–Crippen MR) is 63.0 cm³/mol. The molecule has 1 aliphatic carbocycles. The van der Waals surface area contributed by atoms with E-state index in [1.54, 1.807) is 0 Å². The van der Waals surface area contributed by atoms with E-state index in [-0.39, 0.29) is 0 Å². The summed E-state index contributed by atoms with van der Waals surface area (Å²) < 4.78 is 0. The second-order valence-corrected chi connectivity index (χ2v) is 6.22. The highest BCUT2D eigenvalue weighted by Gasteiger charge is 2.51. The SMILES string of the molecule is CC(C)N1CC2(CCCN2CC2CC2)C1. The van der Waals surface area contributed by atoms with Crippen LogP contribution in [0.2, 0.25) is 0 Å². The first-order valence-corrected chi connectivity index (χ1v) is 6.69. The van der Waals surface area contributed by atoms with Gasteiger partial charge < -0.3 is 0 Å². The van der Waals surface area contributed by atoms with Crippen molar-refractivity contribution in [3.8, 4) is 0 Å². The Morgan fingerprint density at radius 3 is 2.60 bits per heavy atom. The molecule has 2 aliphatic heterocycles. The van der Waals surface area contributed by atoms with Crippen molar-refractivity contribution in [1.82, 2.24) is 9.80 Å². The van der Waals surface area contributed by atoms with Crippen LogP contribution in [0.4, 0.5) is 0 Å². The second kappa shape index (κ2) is 3.46. The minimum absolute atomic E-state index is 0.618. The van der Waals surface area contributed by atoms with Gasteiger partial charge in [-0.15, -0.1) is 0 Å². The van der Waals surface area contributed by atoms with E-state index in [4.69, 9.17) is 0 Å². The molecule has 1 saturated carbocycles. The maximum Gasteiger partial charge on any atom is 0.0463 e. The molecule has 2 nitrogen and oxygen atoms in total. The Morgan fingerprint density at radius 2 is 2.00 bits per heavy atom. The maximum atomic E-state index is 2.82. The maximum absolute atomic E-state index is 2.82. The van der Waals surface area contributed by atoms with Crippen LogP contribution in [0.5, 0.6) is 0 Å². The van der Waals surface area contributed by atoms with Gasteiger partial charge in [0.05, 0.1) is 0 Å².